The molecule has 0 aliphatic carbocycles. The number of hydrazine groups is 1. The molecule has 0 saturated carbocycles. The summed E-state index contributed by atoms with van der Waals surface area (Å²) in [6, 6.07) is -0.220. The third-order valence-electron chi connectivity index (χ3n) is 2.34. The average Bonchev–Trinajstić information content (AvgIpc) is 2.66. The first-order chi connectivity index (χ1) is 7.36. The number of rotatable bonds is 3. The molecule has 1 rings (SSSR count). The van der Waals surface area contributed by atoms with Gasteiger partial charge in [0.25, 0.3) is 0 Å². The van der Waals surface area contributed by atoms with Crippen LogP contribution in [0.15, 0.2) is 12.0 Å². The zero-order chi connectivity index (χ0) is 12.3. The van der Waals surface area contributed by atoms with E-state index in [9.17, 15) is 9.90 Å². The van der Waals surface area contributed by atoms with Gasteiger partial charge in [-0.3, -0.25) is 5.01 Å². The Labute approximate surface area is 95.4 Å². The van der Waals surface area contributed by atoms with Crippen molar-refractivity contribution in [2.75, 3.05) is 27.4 Å². The van der Waals surface area contributed by atoms with E-state index in [1.807, 2.05) is 13.8 Å². The molecule has 16 heavy (non-hydrogen) atoms. The van der Waals surface area contributed by atoms with Gasteiger partial charge in [-0.05, 0) is 0 Å². The lowest BCUT2D eigenvalue weighted by atomic mass is 9.93. The number of hydrogen-bond donors (Lipinski definition) is 2. The highest BCUT2D eigenvalue weighted by Gasteiger charge is 2.29. The topological polar surface area (TPSA) is 65.0 Å². The molecule has 0 saturated heterocycles. The van der Waals surface area contributed by atoms with Crippen LogP contribution in [0.3, 0.4) is 0 Å². The molecule has 92 valence electrons. The fourth-order valence-corrected chi connectivity index (χ4v) is 1.09. The van der Waals surface area contributed by atoms with Crippen molar-refractivity contribution in [1.29, 1.82) is 0 Å². The maximum Gasteiger partial charge on any atom is 0.335 e. The molecule has 2 amide bonds. The predicted octanol–water partition coefficient (Wildman–Crippen LogP) is 0.322. The van der Waals surface area contributed by atoms with Gasteiger partial charge in [0.1, 0.15) is 5.76 Å². The quantitative estimate of drug-likeness (QED) is 0.731. The van der Waals surface area contributed by atoms with Crippen LogP contribution < -0.4 is 5.43 Å². The molecule has 0 bridgehead atoms. The highest BCUT2D eigenvalue weighted by Crippen LogP contribution is 2.29. The van der Waals surface area contributed by atoms with Gasteiger partial charge in [-0.1, -0.05) is 13.8 Å². The Bertz CT molecular complexity index is 300. The number of aliphatic hydroxyl groups excluding tert-OH is 1. The molecule has 1 aliphatic rings. The molecule has 0 spiro atoms. The summed E-state index contributed by atoms with van der Waals surface area (Å²) in [5.74, 6) is 0.661. The summed E-state index contributed by atoms with van der Waals surface area (Å²) in [6.45, 7) is 4.00. The minimum atomic E-state index is -0.433. The summed E-state index contributed by atoms with van der Waals surface area (Å²) < 4.78 is 5.40. The summed E-state index contributed by atoms with van der Waals surface area (Å²) in [5.41, 5.74) is 2.21. The molecular formula is C10H19N3O3. The monoisotopic (exact) mass is 229 g/mol. The van der Waals surface area contributed by atoms with E-state index in [0.717, 1.165) is 0 Å². The Balaban J connectivity index is 2.59. The summed E-state index contributed by atoms with van der Waals surface area (Å²) in [7, 11) is 3.32. The fourth-order valence-electron chi connectivity index (χ4n) is 1.09. The minimum Gasteiger partial charge on any atom is -0.473 e. The lowest BCUT2D eigenvalue weighted by molar-refractivity contribution is 0.0722. The number of nitrogens with one attached hydrogen (secondary N) is 1. The molecular weight excluding hydrogens is 210 g/mol. The summed E-state index contributed by atoms with van der Waals surface area (Å²) in [6.07, 6.45) is 1.69. The SMILES string of the molecule is CN(C)C(=O)NN1C=C(C(C)(C)CO)OC1. The van der Waals surface area contributed by atoms with Crippen LogP contribution in [0.5, 0.6) is 0 Å². The summed E-state index contributed by atoms with van der Waals surface area (Å²) in [4.78, 5) is 12.8. The number of ether oxygens (including phenoxy) is 1. The van der Waals surface area contributed by atoms with Gasteiger partial charge >= 0.3 is 6.03 Å². The van der Waals surface area contributed by atoms with Crippen LogP contribution >= 0.6 is 0 Å². The number of urea groups is 1. The van der Waals surface area contributed by atoms with Gasteiger partial charge in [0.15, 0.2) is 6.73 Å². The molecule has 6 nitrogen and oxygen atoms in total. The third kappa shape index (κ3) is 2.79. The first-order valence-electron chi connectivity index (χ1n) is 5.07. The number of aliphatic hydroxyl groups is 1. The van der Waals surface area contributed by atoms with Crippen LogP contribution in [0.4, 0.5) is 4.79 Å². The van der Waals surface area contributed by atoms with Gasteiger partial charge in [-0.25, -0.2) is 10.2 Å². The van der Waals surface area contributed by atoms with E-state index in [1.54, 1.807) is 25.3 Å². The molecule has 0 aromatic rings. The highest BCUT2D eigenvalue weighted by molar-refractivity contribution is 5.73. The highest BCUT2D eigenvalue weighted by atomic mass is 16.5. The van der Waals surface area contributed by atoms with E-state index in [-0.39, 0.29) is 19.4 Å². The van der Waals surface area contributed by atoms with E-state index in [4.69, 9.17) is 4.74 Å². The molecule has 0 radical (unpaired) electrons. The Kier molecular flexibility index (Phi) is 3.64. The number of nitrogens with zero attached hydrogens (tertiary/aromatic N) is 2. The van der Waals surface area contributed by atoms with Crippen LogP contribution in [0.25, 0.3) is 0 Å². The van der Waals surface area contributed by atoms with Crippen LogP contribution in [0.2, 0.25) is 0 Å². The molecule has 0 unspecified atom stereocenters. The van der Waals surface area contributed by atoms with E-state index < -0.39 is 5.41 Å². The van der Waals surface area contributed by atoms with E-state index in [0.29, 0.717) is 5.76 Å². The largest absolute Gasteiger partial charge is 0.473 e. The Morgan fingerprint density at radius 2 is 2.31 bits per heavy atom. The van der Waals surface area contributed by atoms with Gasteiger partial charge in [0.05, 0.1) is 12.8 Å². The average molecular weight is 229 g/mol. The zero-order valence-electron chi connectivity index (χ0n) is 10.1. The Morgan fingerprint density at radius 1 is 1.69 bits per heavy atom. The van der Waals surface area contributed by atoms with Crippen molar-refractivity contribution in [3.8, 4) is 0 Å². The number of carbonyl (C=O) groups is 1. The normalized spacial score (nSPS) is 15.6. The van der Waals surface area contributed by atoms with Crippen molar-refractivity contribution in [3.05, 3.63) is 12.0 Å². The lowest BCUT2D eigenvalue weighted by Gasteiger charge is -2.21. The van der Waals surface area contributed by atoms with Crippen LogP contribution in [0.1, 0.15) is 13.8 Å². The summed E-state index contributed by atoms with van der Waals surface area (Å²) >= 11 is 0. The van der Waals surface area contributed by atoms with Gasteiger partial charge in [0.2, 0.25) is 0 Å². The maximum atomic E-state index is 11.4. The predicted molar refractivity (Wildman–Crippen MR) is 59.0 cm³/mol. The van der Waals surface area contributed by atoms with Crippen LogP contribution in [0, 0.1) is 5.41 Å². The summed E-state index contributed by atoms with van der Waals surface area (Å²) in [5, 5.41) is 10.7. The number of amides is 2. The number of carbonyl (C=O) groups excluding carboxylic acids is 1. The molecule has 2 N–H and O–H groups in total. The van der Waals surface area contributed by atoms with E-state index in [1.165, 1.54) is 4.90 Å². The molecule has 6 heteroatoms. The molecule has 1 aliphatic heterocycles. The van der Waals surface area contributed by atoms with Gasteiger partial charge in [-0.15, -0.1) is 0 Å². The molecule has 0 fully saturated rings. The Hall–Kier alpha value is -1.43. The standard InChI is InChI=1S/C10H19N3O3/c1-10(2,6-14)8-5-13(7-16-8)11-9(15)12(3)4/h5,14H,6-7H2,1-4H3,(H,11,15). The van der Waals surface area contributed by atoms with Crippen molar-refractivity contribution in [1.82, 2.24) is 15.3 Å². The van der Waals surface area contributed by atoms with Gasteiger partial charge < -0.3 is 14.7 Å². The van der Waals surface area contributed by atoms with E-state index in [2.05, 4.69) is 5.43 Å². The molecule has 1 heterocycles. The second kappa shape index (κ2) is 4.61. The molecule has 0 aromatic heterocycles. The van der Waals surface area contributed by atoms with Crippen LogP contribution in [-0.2, 0) is 4.74 Å². The van der Waals surface area contributed by atoms with Crippen molar-refractivity contribution in [2.45, 2.75) is 13.8 Å². The first kappa shape index (κ1) is 12.6. The van der Waals surface area contributed by atoms with Crippen molar-refractivity contribution in [2.24, 2.45) is 5.41 Å². The molecule has 0 atom stereocenters. The fraction of sp³-hybridized carbons (Fsp3) is 0.700. The van der Waals surface area contributed by atoms with Gasteiger partial charge in [-0.2, -0.15) is 0 Å². The number of hydrogen-bond acceptors (Lipinski definition) is 4. The lowest BCUT2D eigenvalue weighted by Crippen LogP contribution is -2.43. The van der Waals surface area contributed by atoms with E-state index >= 15 is 0 Å². The van der Waals surface area contributed by atoms with Crippen LogP contribution in [-0.4, -0.2) is 48.5 Å². The van der Waals surface area contributed by atoms with Crippen molar-refractivity contribution < 1.29 is 14.6 Å². The van der Waals surface area contributed by atoms with Crippen molar-refractivity contribution >= 4 is 6.03 Å². The second-order valence-corrected chi connectivity index (χ2v) is 4.59. The Morgan fingerprint density at radius 3 is 2.81 bits per heavy atom. The maximum absolute atomic E-state index is 11.4. The zero-order valence-corrected chi connectivity index (χ0v) is 10.1. The smallest absolute Gasteiger partial charge is 0.335 e. The van der Waals surface area contributed by atoms with Gasteiger partial charge in [0, 0.05) is 19.5 Å². The minimum absolute atomic E-state index is 0.00565. The van der Waals surface area contributed by atoms with Crippen molar-refractivity contribution in [3.63, 3.8) is 0 Å². The second-order valence-electron chi connectivity index (χ2n) is 4.59. The first-order valence-corrected chi connectivity index (χ1v) is 5.07. The third-order valence-corrected chi connectivity index (χ3v) is 2.34. The molecule has 0 aromatic carbocycles.